The van der Waals surface area contributed by atoms with Crippen LogP contribution in [0.3, 0.4) is 0 Å². The molecular formula is C13H21N3O2. The van der Waals surface area contributed by atoms with Gasteiger partial charge in [0.05, 0.1) is 4.92 Å². The van der Waals surface area contributed by atoms with Crippen molar-refractivity contribution in [2.75, 3.05) is 11.9 Å². The second-order valence-corrected chi connectivity index (χ2v) is 4.68. The van der Waals surface area contributed by atoms with Crippen LogP contribution >= 0.6 is 0 Å². The van der Waals surface area contributed by atoms with Crippen LogP contribution in [0.25, 0.3) is 0 Å². The molecule has 100 valence electrons. The highest BCUT2D eigenvalue weighted by Gasteiger charge is 2.20. The first-order valence-corrected chi connectivity index (χ1v) is 6.19. The average molecular weight is 251 g/mol. The molecular weight excluding hydrogens is 230 g/mol. The summed E-state index contributed by atoms with van der Waals surface area (Å²) in [6.45, 7) is 6.43. The van der Waals surface area contributed by atoms with Gasteiger partial charge in [0, 0.05) is 29.4 Å². The summed E-state index contributed by atoms with van der Waals surface area (Å²) < 4.78 is 0. The summed E-state index contributed by atoms with van der Waals surface area (Å²) in [5, 5.41) is 14.0. The van der Waals surface area contributed by atoms with Crippen molar-refractivity contribution < 1.29 is 4.92 Å². The molecule has 1 aromatic carbocycles. The maximum absolute atomic E-state index is 10.8. The molecule has 0 unspecified atom stereocenters. The quantitative estimate of drug-likeness (QED) is 0.601. The van der Waals surface area contributed by atoms with Gasteiger partial charge in [0.1, 0.15) is 0 Å². The molecule has 0 atom stereocenters. The highest BCUT2D eigenvalue weighted by molar-refractivity contribution is 5.55. The Bertz CT molecular complexity index is 428. The van der Waals surface area contributed by atoms with Crippen LogP contribution in [0.2, 0.25) is 0 Å². The van der Waals surface area contributed by atoms with E-state index in [1.54, 1.807) is 19.1 Å². The zero-order valence-corrected chi connectivity index (χ0v) is 11.2. The van der Waals surface area contributed by atoms with Crippen LogP contribution in [0.1, 0.15) is 32.3 Å². The minimum atomic E-state index is -0.365. The SMILES string of the molecule is CCC(N)(CC)CNc1ccc(C)c([N+](=O)[O-])c1. The highest BCUT2D eigenvalue weighted by atomic mass is 16.6. The van der Waals surface area contributed by atoms with E-state index in [4.69, 9.17) is 5.73 Å². The molecule has 0 aromatic heterocycles. The Morgan fingerprint density at radius 3 is 2.50 bits per heavy atom. The Balaban J connectivity index is 2.80. The monoisotopic (exact) mass is 251 g/mol. The minimum absolute atomic E-state index is 0.135. The van der Waals surface area contributed by atoms with Crippen LogP contribution < -0.4 is 11.1 Å². The summed E-state index contributed by atoms with van der Waals surface area (Å²) in [5.74, 6) is 0. The van der Waals surface area contributed by atoms with E-state index in [9.17, 15) is 10.1 Å². The zero-order chi connectivity index (χ0) is 13.8. The van der Waals surface area contributed by atoms with Crippen molar-refractivity contribution in [3.63, 3.8) is 0 Å². The summed E-state index contributed by atoms with van der Waals surface area (Å²) in [6.07, 6.45) is 1.73. The second kappa shape index (κ2) is 5.82. The van der Waals surface area contributed by atoms with Crippen molar-refractivity contribution in [1.82, 2.24) is 0 Å². The number of benzene rings is 1. The minimum Gasteiger partial charge on any atom is -0.383 e. The summed E-state index contributed by atoms with van der Waals surface area (Å²) >= 11 is 0. The van der Waals surface area contributed by atoms with Crippen molar-refractivity contribution >= 4 is 11.4 Å². The van der Waals surface area contributed by atoms with Crippen LogP contribution in [-0.2, 0) is 0 Å². The molecule has 0 aliphatic rings. The van der Waals surface area contributed by atoms with Gasteiger partial charge in [-0.2, -0.15) is 0 Å². The Hall–Kier alpha value is -1.62. The molecule has 18 heavy (non-hydrogen) atoms. The number of rotatable bonds is 6. The maximum Gasteiger partial charge on any atom is 0.274 e. The first-order valence-electron chi connectivity index (χ1n) is 6.19. The number of nitrogens with zero attached hydrogens (tertiary/aromatic N) is 1. The standard InChI is InChI=1S/C13H21N3O2/c1-4-13(14,5-2)9-15-11-7-6-10(3)12(8-11)16(17)18/h6-8,15H,4-5,9,14H2,1-3H3. The number of nitro groups is 1. The molecule has 0 spiro atoms. The third-order valence-corrected chi connectivity index (χ3v) is 3.46. The number of nitrogens with two attached hydrogens (primary N) is 1. The lowest BCUT2D eigenvalue weighted by molar-refractivity contribution is -0.385. The number of nitrogens with one attached hydrogen (secondary N) is 1. The molecule has 0 saturated carbocycles. The first-order chi connectivity index (χ1) is 8.41. The van der Waals surface area contributed by atoms with Crippen molar-refractivity contribution in [2.24, 2.45) is 5.73 Å². The molecule has 5 heteroatoms. The lowest BCUT2D eigenvalue weighted by Crippen LogP contribution is -2.45. The molecule has 0 bridgehead atoms. The summed E-state index contributed by atoms with van der Waals surface area (Å²) in [4.78, 5) is 10.5. The van der Waals surface area contributed by atoms with Gasteiger partial charge in [0.25, 0.3) is 5.69 Å². The lowest BCUT2D eigenvalue weighted by Gasteiger charge is -2.27. The summed E-state index contributed by atoms with van der Waals surface area (Å²) in [6, 6.07) is 5.14. The van der Waals surface area contributed by atoms with Crippen LogP contribution in [0.4, 0.5) is 11.4 Å². The van der Waals surface area contributed by atoms with Gasteiger partial charge < -0.3 is 11.1 Å². The number of hydrogen-bond donors (Lipinski definition) is 2. The fourth-order valence-corrected chi connectivity index (χ4v) is 1.69. The molecule has 0 radical (unpaired) electrons. The van der Waals surface area contributed by atoms with E-state index in [2.05, 4.69) is 5.32 Å². The van der Waals surface area contributed by atoms with Crippen molar-refractivity contribution in [3.8, 4) is 0 Å². The zero-order valence-electron chi connectivity index (χ0n) is 11.2. The van der Waals surface area contributed by atoms with Crippen LogP contribution in [-0.4, -0.2) is 17.0 Å². The molecule has 1 aromatic rings. The molecule has 0 aliphatic heterocycles. The van der Waals surface area contributed by atoms with Crippen LogP contribution in [0.15, 0.2) is 18.2 Å². The predicted molar refractivity (Wildman–Crippen MR) is 73.8 cm³/mol. The second-order valence-electron chi connectivity index (χ2n) is 4.68. The Labute approximate surface area is 108 Å². The van der Waals surface area contributed by atoms with E-state index >= 15 is 0 Å². The van der Waals surface area contributed by atoms with Gasteiger partial charge in [-0.25, -0.2) is 0 Å². The maximum atomic E-state index is 10.8. The first kappa shape index (κ1) is 14.4. The van der Waals surface area contributed by atoms with E-state index < -0.39 is 0 Å². The van der Waals surface area contributed by atoms with E-state index in [1.165, 1.54) is 0 Å². The van der Waals surface area contributed by atoms with E-state index in [-0.39, 0.29) is 16.1 Å². The fourth-order valence-electron chi connectivity index (χ4n) is 1.69. The van der Waals surface area contributed by atoms with Gasteiger partial charge >= 0.3 is 0 Å². The largest absolute Gasteiger partial charge is 0.383 e. The van der Waals surface area contributed by atoms with Crippen molar-refractivity contribution in [2.45, 2.75) is 39.2 Å². The van der Waals surface area contributed by atoms with Gasteiger partial charge in [-0.15, -0.1) is 0 Å². The smallest absolute Gasteiger partial charge is 0.274 e. The summed E-state index contributed by atoms with van der Waals surface area (Å²) in [7, 11) is 0. The van der Waals surface area contributed by atoms with E-state index in [0.717, 1.165) is 18.5 Å². The number of nitro benzene ring substituents is 1. The third-order valence-electron chi connectivity index (χ3n) is 3.46. The normalized spacial score (nSPS) is 11.3. The van der Waals surface area contributed by atoms with Gasteiger partial charge in [-0.05, 0) is 25.8 Å². The Kier molecular flexibility index (Phi) is 4.67. The fraction of sp³-hybridized carbons (Fsp3) is 0.538. The number of aryl methyl sites for hydroxylation is 1. The topological polar surface area (TPSA) is 81.2 Å². The lowest BCUT2D eigenvalue weighted by atomic mass is 9.94. The van der Waals surface area contributed by atoms with Crippen molar-refractivity contribution in [3.05, 3.63) is 33.9 Å². The van der Waals surface area contributed by atoms with Crippen LogP contribution in [0, 0.1) is 17.0 Å². The van der Waals surface area contributed by atoms with E-state index in [1.807, 2.05) is 19.9 Å². The van der Waals surface area contributed by atoms with Gasteiger partial charge in [0.2, 0.25) is 0 Å². The molecule has 0 fully saturated rings. The number of anilines is 1. The van der Waals surface area contributed by atoms with Gasteiger partial charge in [0.15, 0.2) is 0 Å². The van der Waals surface area contributed by atoms with Crippen molar-refractivity contribution in [1.29, 1.82) is 0 Å². The van der Waals surface area contributed by atoms with Gasteiger partial charge in [-0.1, -0.05) is 19.9 Å². The molecule has 0 heterocycles. The summed E-state index contributed by atoms with van der Waals surface area (Å²) in [5.41, 5.74) is 7.45. The third kappa shape index (κ3) is 3.43. The molecule has 1 rings (SSSR count). The highest BCUT2D eigenvalue weighted by Crippen LogP contribution is 2.23. The van der Waals surface area contributed by atoms with Gasteiger partial charge in [-0.3, -0.25) is 10.1 Å². The Morgan fingerprint density at radius 1 is 1.39 bits per heavy atom. The molecule has 3 N–H and O–H groups in total. The van der Waals surface area contributed by atoms with E-state index in [0.29, 0.717) is 12.1 Å². The number of hydrogen-bond acceptors (Lipinski definition) is 4. The molecule has 0 saturated heterocycles. The molecule has 5 nitrogen and oxygen atoms in total. The predicted octanol–water partition coefficient (Wildman–Crippen LogP) is 2.83. The van der Waals surface area contributed by atoms with Crippen LogP contribution in [0.5, 0.6) is 0 Å². The molecule has 0 amide bonds. The molecule has 0 aliphatic carbocycles. The average Bonchev–Trinajstić information content (AvgIpc) is 2.37. The Morgan fingerprint density at radius 2 is 2.00 bits per heavy atom.